The van der Waals surface area contributed by atoms with E-state index in [9.17, 15) is 0 Å². The molecule has 3 heteroatoms. The van der Waals surface area contributed by atoms with Gasteiger partial charge in [-0.15, -0.1) is 0 Å². The smallest absolute Gasteiger partial charge is 0.118 e. The lowest BCUT2D eigenvalue weighted by atomic mass is 10.0. The summed E-state index contributed by atoms with van der Waals surface area (Å²) in [5.41, 5.74) is 4.97. The SMILES string of the molecule is COc1ccc(C2CN(c3ccccc3-c3ccccc3)CCO2)cc1. The summed E-state index contributed by atoms with van der Waals surface area (Å²) in [7, 11) is 1.69. The maximum Gasteiger partial charge on any atom is 0.118 e. The predicted octanol–water partition coefficient (Wildman–Crippen LogP) is 4.94. The number of methoxy groups -OCH3 is 1. The number of morpholine rings is 1. The molecule has 0 aromatic heterocycles. The second-order valence-corrected chi connectivity index (χ2v) is 6.46. The quantitative estimate of drug-likeness (QED) is 0.668. The van der Waals surface area contributed by atoms with Gasteiger partial charge in [0.2, 0.25) is 0 Å². The highest BCUT2D eigenvalue weighted by Crippen LogP contribution is 2.34. The molecule has 4 rings (SSSR count). The van der Waals surface area contributed by atoms with Crippen molar-refractivity contribution in [2.75, 3.05) is 31.7 Å². The summed E-state index contributed by atoms with van der Waals surface area (Å²) in [5.74, 6) is 0.871. The van der Waals surface area contributed by atoms with Gasteiger partial charge in [0.15, 0.2) is 0 Å². The van der Waals surface area contributed by atoms with E-state index in [1.165, 1.54) is 22.4 Å². The molecule has 3 aromatic rings. The maximum absolute atomic E-state index is 6.05. The van der Waals surface area contributed by atoms with E-state index in [-0.39, 0.29) is 6.10 Å². The Hall–Kier alpha value is -2.78. The van der Waals surface area contributed by atoms with Gasteiger partial charge in [0.1, 0.15) is 11.9 Å². The largest absolute Gasteiger partial charge is 0.497 e. The first-order valence-corrected chi connectivity index (χ1v) is 9.00. The van der Waals surface area contributed by atoms with Crippen LogP contribution in [0.3, 0.4) is 0 Å². The van der Waals surface area contributed by atoms with Crippen LogP contribution < -0.4 is 9.64 Å². The van der Waals surface area contributed by atoms with Crippen molar-refractivity contribution in [3.8, 4) is 16.9 Å². The number of benzene rings is 3. The summed E-state index contributed by atoms with van der Waals surface area (Å²) < 4.78 is 11.3. The van der Waals surface area contributed by atoms with Crippen LogP contribution in [0.15, 0.2) is 78.9 Å². The third kappa shape index (κ3) is 3.44. The van der Waals surface area contributed by atoms with Crippen molar-refractivity contribution < 1.29 is 9.47 Å². The third-order valence-electron chi connectivity index (χ3n) is 4.88. The zero-order chi connectivity index (χ0) is 17.8. The Bertz CT molecular complexity index is 846. The normalized spacial score (nSPS) is 17.1. The summed E-state index contributed by atoms with van der Waals surface area (Å²) in [6, 6.07) is 27.4. The second-order valence-electron chi connectivity index (χ2n) is 6.46. The molecule has 0 radical (unpaired) electrons. The molecule has 0 amide bonds. The minimum atomic E-state index is 0.0680. The van der Waals surface area contributed by atoms with Gasteiger partial charge in [0.05, 0.1) is 13.7 Å². The van der Waals surface area contributed by atoms with Gasteiger partial charge in [-0.25, -0.2) is 0 Å². The lowest BCUT2D eigenvalue weighted by Gasteiger charge is -2.36. The van der Waals surface area contributed by atoms with Gasteiger partial charge in [0, 0.05) is 24.3 Å². The molecule has 1 aliphatic heterocycles. The highest BCUT2D eigenvalue weighted by atomic mass is 16.5. The number of rotatable bonds is 4. The molecular weight excluding hydrogens is 322 g/mol. The van der Waals surface area contributed by atoms with Crippen LogP contribution in [0.2, 0.25) is 0 Å². The van der Waals surface area contributed by atoms with Gasteiger partial charge in [-0.1, -0.05) is 60.7 Å². The molecule has 1 atom stereocenters. The number of hydrogen-bond acceptors (Lipinski definition) is 3. The lowest BCUT2D eigenvalue weighted by molar-refractivity contribution is 0.0398. The molecule has 0 bridgehead atoms. The van der Waals surface area contributed by atoms with Crippen molar-refractivity contribution in [3.63, 3.8) is 0 Å². The van der Waals surface area contributed by atoms with Crippen molar-refractivity contribution >= 4 is 5.69 Å². The molecule has 0 N–H and O–H groups in total. The van der Waals surface area contributed by atoms with Crippen molar-refractivity contribution in [1.29, 1.82) is 0 Å². The Morgan fingerprint density at radius 1 is 0.885 bits per heavy atom. The van der Waals surface area contributed by atoms with Gasteiger partial charge < -0.3 is 14.4 Å². The van der Waals surface area contributed by atoms with Crippen LogP contribution in [0.4, 0.5) is 5.69 Å². The Balaban J connectivity index is 1.60. The second kappa shape index (κ2) is 7.63. The summed E-state index contributed by atoms with van der Waals surface area (Å²) >= 11 is 0. The van der Waals surface area contributed by atoms with Crippen LogP contribution in [0.25, 0.3) is 11.1 Å². The van der Waals surface area contributed by atoms with Crippen LogP contribution in [0.1, 0.15) is 11.7 Å². The van der Waals surface area contributed by atoms with Crippen molar-refractivity contribution in [2.24, 2.45) is 0 Å². The highest BCUT2D eigenvalue weighted by Gasteiger charge is 2.23. The van der Waals surface area contributed by atoms with E-state index in [0.29, 0.717) is 0 Å². The number of hydrogen-bond donors (Lipinski definition) is 0. The van der Waals surface area contributed by atoms with E-state index < -0.39 is 0 Å². The fourth-order valence-corrected chi connectivity index (χ4v) is 3.50. The van der Waals surface area contributed by atoms with Gasteiger partial charge in [-0.2, -0.15) is 0 Å². The minimum absolute atomic E-state index is 0.0680. The van der Waals surface area contributed by atoms with Gasteiger partial charge >= 0.3 is 0 Å². The Labute approximate surface area is 154 Å². The molecule has 0 spiro atoms. The molecule has 1 aliphatic rings. The monoisotopic (exact) mass is 345 g/mol. The van der Waals surface area contributed by atoms with Crippen LogP contribution in [0, 0.1) is 0 Å². The van der Waals surface area contributed by atoms with Crippen LogP contribution in [-0.2, 0) is 4.74 Å². The first-order valence-electron chi connectivity index (χ1n) is 9.00. The van der Waals surface area contributed by atoms with E-state index >= 15 is 0 Å². The molecule has 0 aliphatic carbocycles. The van der Waals surface area contributed by atoms with Gasteiger partial charge in [-0.3, -0.25) is 0 Å². The average molecular weight is 345 g/mol. The third-order valence-corrected chi connectivity index (χ3v) is 4.88. The molecule has 1 unspecified atom stereocenters. The first-order chi connectivity index (χ1) is 12.8. The Morgan fingerprint density at radius 3 is 2.38 bits per heavy atom. The zero-order valence-corrected chi connectivity index (χ0v) is 15.0. The molecule has 3 aromatic carbocycles. The molecule has 0 saturated carbocycles. The highest BCUT2D eigenvalue weighted by molar-refractivity contribution is 5.78. The fourth-order valence-electron chi connectivity index (χ4n) is 3.50. The Kier molecular flexibility index (Phi) is 4.89. The summed E-state index contributed by atoms with van der Waals surface area (Å²) in [4.78, 5) is 2.43. The van der Waals surface area contributed by atoms with Crippen molar-refractivity contribution in [3.05, 3.63) is 84.4 Å². The summed E-state index contributed by atoms with van der Waals surface area (Å²) in [5, 5.41) is 0. The van der Waals surface area contributed by atoms with Crippen LogP contribution in [0.5, 0.6) is 5.75 Å². The fraction of sp³-hybridized carbons (Fsp3) is 0.217. The van der Waals surface area contributed by atoms with Crippen molar-refractivity contribution in [1.82, 2.24) is 0 Å². The van der Waals surface area contributed by atoms with Crippen LogP contribution >= 0.6 is 0 Å². The number of nitrogens with zero attached hydrogens (tertiary/aromatic N) is 1. The minimum Gasteiger partial charge on any atom is -0.497 e. The summed E-state index contributed by atoms with van der Waals surface area (Å²) in [6.07, 6.45) is 0.0680. The van der Waals surface area contributed by atoms with E-state index in [4.69, 9.17) is 9.47 Å². The maximum atomic E-state index is 6.05. The van der Waals surface area contributed by atoms with Gasteiger partial charge in [0.25, 0.3) is 0 Å². The molecule has 1 heterocycles. The van der Waals surface area contributed by atoms with E-state index in [2.05, 4.69) is 71.6 Å². The van der Waals surface area contributed by atoms with Crippen molar-refractivity contribution in [2.45, 2.75) is 6.10 Å². The molecular formula is C23H23NO2. The number of anilines is 1. The molecule has 26 heavy (non-hydrogen) atoms. The first kappa shape index (κ1) is 16.7. The average Bonchev–Trinajstić information content (AvgIpc) is 2.74. The van der Waals surface area contributed by atoms with E-state index in [1.807, 2.05) is 12.1 Å². The lowest BCUT2D eigenvalue weighted by Crippen LogP contribution is -2.38. The summed E-state index contributed by atoms with van der Waals surface area (Å²) in [6.45, 7) is 2.46. The van der Waals surface area contributed by atoms with E-state index in [0.717, 1.165) is 25.4 Å². The number of para-hydroxylation sites is 1. The van der Waals surface area contributed by atoms with E-state index in [1.54, 1.807) is 7.11 Å². The molecule has 1 saturated heterocycles. The molecule has 1 fully saturated rings. The Morgan fingerprint density at radius 2 is 1.62 bits per heavy atom. The molecule has 132 valence electrons. The van der Waals surface area contributed by atoms with Gasteiger partial charge in [-0.05, 0) is 29.3 Å². The topological polar surface area (TPSA) is 21.7 Å². The number of ether oxygens (including phenoxy) is 2. The zero-order valence-electron chi connectivity index (χ0n) is 15.0. The van der Waals surface area contributed by atoms with Crippen LogP contribution in [-0.4, -0.2) is 26.8 Å². The predicted molar refractivity (Wildman–Crippen MR) is 106 cm³/mol. The standard InChI is InChI=1S/C23H23NO2/c1-25-20-13-11-19(12-14-20)23-17-24(15-16-26-23)22-10-6-5-9-21(22)18-7-3-2-4-8-18/h2-14,23H,15-17H2,1H3. The molecule has 3 nitrogen and oxygen atoms in total.